The molecular weight excluding hydrogens is 278 g/mol. The van der Waals surface area contributed by atoms with Crippen molar-refractivity contribution in [2.24, 2.45) is 0 Å². The third-order valence-corrected chi connectivity index (χ3v) is 4.60. The number of imide groups is 1. The molecule has 3 amide bonds. The molecule has 5 nitrogen and oxygen atoms in total. The molecule has 1 aliphatic heterocycles. The van der Waals surface area contributed by atoms with E-state index in [1.54, 1.807) is 6.07 Å². The van der Waals surface area contributed by atoms with Crippen LogP contribution in [-0.4, -0.2) is 22.5 Å². The van der Waals surface area contributed by atoms with Crippen molar-refractivity contribution >= 4 is 17.8 Å². The summed E-state index contributed by atoms with van der Waals surface area (Å²) >= 11 is 0. The largest absolute Gasteiger partial charge is 0.330 e. The molecule has 118 valence electrons. The first-order valence-electron chi connectivity index (χ1n) is 7.98. The van der Waals surface area contributed by atoms with Gasteiger partial charge in [0.05, 0.1) is 0 Å². The lowest BCUT2D eigenvalue weighted by molar-refractivity contribution is -0.123. The fourth-order valence-corrected chi connectivity index (χ4v) is 3.29. The number of nitrogens with one attached hydrogen (secondary N) is 1. The first-order valence-corrected chi connectivity index (χ1v) is 7.98. The number of rotatable bonds is 1. The van der Waals surface area contributed by atoms with Gasteiger partial charge in [0, 0.05) is 11.1 Å². The summed E-state index contributed by atoms with van der Waals surface area (Å²) < 4.78 is 0. The summed E-state index contributed by atoms with van der Waals surface area (Å²) in [6.07, 6.45) is 4.55. The summed E-state index contributed by atoms with van der Waals surface area (Å²) in [5.41, 5.74) is 0.0437. The second-order valence-corrected chi connectivity index (χ2v) is 7.34. The van der Waals surface area contributed by atoms with Gasteiger partial charge in [-0.05, 0) is 25.0 Å². The minimum absolute atomic E-state index is 0.127. The van der Waals surface area contributed by atoms with Gasteiger partial charge in [0.2, 0.25) is 0 Å². The predicted octanol–water partition coefficient (Wildman–Crippen LogP) is 3.14. The summed E-state index contributed by atoms with van der Waals surface area (Å²) in [6.45, 7) is 6.19. The van der Waals surface area contributed by atoms with Gasteiger partial charge >= 0.3 is 6.03 Å². The van der Waals surface area contributed by atoms with Gasteiger partial charge in [0.1, 0.15) is 11.4 Å². The number of pyridine rings is 1. The Morgan fingerprint density at radius 1 is 1.14 bits per heavy atom. The van der Waals surface area contributed by atoms with E-state index >= 15 is 0 Å². The van der Waals surface area contributed by atoms with Crippen LogP contribution in [0, 0.1) is 0 Å². The van der Waals surface area contributed by atoms with Gasteiger partial charge in [-0.1, -0.05) is 46.1 Å². The average Bonchev–Trinajstić information content (AvgIpc) is 2.70. The molecule has 1 saturated heterocycles. The van der Waals surface area contributed by atoms with Crippen LogP contribution < -0.4 is 10.2 Å². The minimum Gasteiger partial charge on any atom is -0.323 e. The summed E-state index contributed by atoms with van der Waals surface area (Å²) in [7, 11) is 0. The van der Waals surface area contributed by atoms with Crippen LogP contribution in [-0.2, 0) is 10.2 Å². The van der Waals surface area contributed by atoms with Gasteiger partial charge in [0.15, 0.2) is 0 Å². The zero-order valence-corrected chi connectivity index (χ0v) is 13.5. The Balaban J connectivity index is 1.95. The van der Waals surface area contributed by atoms with Crippen LogP contribution in [0.3, 0.4) is 0 Å². The topological polar surface area (TPSA) is 62.3 Å². The Morgan fingerprint density at radius 3 is 2.45 bits per heavy atom. The molecule has 1 aliphatic carbocycles. The number of carbonyl (C=O) groups excluding carboxylic acids is 2. The molecule has 2 heterocycles. The number of anilines is 1. The van der Waals surface area contributed by atoms with Gasteiger partial charge in [-0.2, -0.15) is 0 Å². The van der Waals surface area contributed by atoms with Gasteiger partial charge in [0.25, 0.3) is 5.91 Å². The molecular formula is C17H23N3O2. The van der Waals surface area contributed by atoms with Crippen molar-refractivity contribution in [3.8, 4) is 0 Å². The van der Waals surface area contributed by atoms with Crippen LogP contribution in [0.2, 0.25) is 0 Å². The zero-order valence-electron chi connectivity index (χ0n) is 13.5. The molecule has 5 heteroatoms. The Bertz CT molecular complexity index is 613. The fraction of sp³-hybridized carbons (Fsp3) is 0.588. The maximum absolute atomic E-state index is 12.9. The second-order valence-electron chi connectivity index (χ2n) is 7.34. The van der Waals surface area contributed by atoms with Crippen molar-refractivity contribution in [2.75, 3.05) is 4.90 Å². The molecule has 3 rings (SSSR count). The van der Waals surface area contributed by atoms with Crippen LogP contribution in [0.1, 0.15) is 58.6 Å². The zero-order chi connectivity index (χ0) is 16.0. The Kier molecular flexibility index (Phi) is 3.46. The van der Waals surface area contributed by atoms with Gasteiger partial charge in [-0.25, -0.2) is 14.7 Å². The first-order chi connectivity index (χ1) is 10.3. The molecule has 0 unspecified atom stereocenters. The Labute approximate surface area is 131 Å². The summed E-state index contributed by atoms with van der Waals surface area (Å²) in [5, 5.41) is 2.92. The number of amides is 3. The molecule has 1 aromatic heterocycles. The monoisotopic (exact) mass is 301 g/mol. The van der Waals surface area contributed by atoms with Crippen LogP contribution in [0.15, 0.2) is 18.2 Å². The lowest BCUT2D eigenvalue weighted by Crippen LogP contribution is -2.48. The van der Waals surface area contributed by atoms with Crippen molar-refractivity contribution < 1.29 is 9.59 Å². The van der Waals surface area contributed by atoms with E-state index in [0.29, 0.717) is 5.82 Å². The number of urea groups is 1. The summed E-state index contributed by atoms with van der Waals surface area (Å²) in [4.78, 5) is 31.0. The molecule has 0 radical (unpaired) electrons. The SMILES string of the molecule is CC(C)(C)c1cccc(N2C(=O)NC3(CCCCC3)C2=O)n1. The molecule has 0 atom stereocenters. The fourth-order valence-electron chi connectivity index (χ4n) is 3.29. The van der Waals surface area contributed by atoms with Crippen molar-refractivity contribution in [3.05, 3.63) is 23.9 Å². The Morgan fingerprint density at radius 2 is 1.82 bits per heavy atom. The van der Waals surface area contributed by atoms with Crippen molar-refractivity contribution in [1.82, 2.24) is 10.3 Å². The number of hydrogen-bond acceptors (Lipinski definition) is 3. The van der Waals surface area contributed by atoms with Gasteiger partial charge in [-0.3, -0.25) is 4.79 Å². The normalized spacial score (nSPS) is 21.3. The maximum atomic E-state index is 12.9. The number of aromatic nitrogens is 1. The number of nitrogens with zero attached hydrogens (tertiary/aromatic N) is 2. The van der Waals surface area contributed by atoms with E-state index in [1.165, 1.54) is 4.90 Å². The van der Waals surface area contributed by atoms with Crippen LogP contribution in [0.4, 0.5) is 10.6 Å². The third kappa shape index (κ3) is 2.38. The first kappa shape index (κ1) is 15.0. The molecule has 2 fully saturated rings. The molecule has 1 N–H and O–H groups in total. The highest BCUT2D eigenvalue weighted by Crippen LogP contribution is 2.35. The van der Waals surface area contributed by atoms with Crippen LogP contribution in [0.25, 0.3) is 0 Å². The summed E-state index contributed by atoms with van der Waals surface area (Å²) in [6, 6.07) is 5.17. The lowest BCUT2D eigenvalue weighted by atomic mass is 9.82. The van der Waals surface area contributed by atoms with Crippen LogP contribution in [0.5, 0.6) is 0 Å². The highest BCUT2D eigenvalue weighted by molar-refractivity contribution is 6.22. The molecule has 1 spiro atoms. The lowest BCUT2D eigenvalue weighted by Gasteiger charge is -2.30. The standard InChI is InChI=1S/C17H23N3O2/c1-16(2,3)12-8-7-9-13(18-12)20-14(21)17(19-15(20)22)10-5-4-6-11-17/h7-9H,4-6,10-11H2,1-3H3,(H,19,22). The molecule has 0 bridgehead atoms. The number of carbonyl (C=O) groups is 2. The quantitative estimate of drug-likeness (QED) is 0.811. The van der Waals surface area contributed by atoms with E-state index in [0.717, 1.165) is 37.8 Å². The summed E-state index contributed by atoms with van der Waals surface area (Å²) in [5.74, 6) is 0.285. The second kappa shape index (κ2) is 5.07. The van der Waals surface area contributed by atoms with Crippen LogP contribution >= 0.6 is 0 Å². The van der Waals surface area contributed by atoms with E-state index in [4.69, 9.17) is 0 Å². The Hall–Kier alpha value is -1.91. The van der Waals surface area contributed by atoms with Crippen molar-refractivity contribution in [2.45, 2.75) is 63.8 Å². The van der Waals surface area contributed by atoms with E-state index in [2.05, 4.69) is 31.1 Å². The molecule has 1 saturated carbocycles. The highest BCUT2D eigenvalue weighted by atomic mass is 16.2. The maximum Gasteiger partial charge on any atom is 0.330 e. The van der Waals surface area contributed by atoms with Crippen molar-refractivity contribution in [1.29, 1.82) is 0 Å². The molecule has 22 heavy (non-hydrogen) atoms. The minimum atomic E-state index is -0.700. The predicted molar refractivity (Wildman–Crippen MR) is 84.8 cm³/mol. The van der Waals surface area contributed by atoms with Crippen molar-refractivity contribution in [3.63, 3.8) is 0 Å². The third-order valence-electron chi connectivity index (χ3n) is 4.60. The number of hydrogen-bond donors (Lipinski definition) is 1. The highest BCUT2D eigenvalue weighted by Gasteiger charge is 2.52. The van der Waals surface area contributed by atoms with E-state index < -0.39 is 5.54 Å². The average molecular weight is 301 g/mol. The van der Waals surface area contributed by atoms with E-state index in [-0.39, 0.29) is 17.4 Å². The smallest absolute Gasteiger partial charge is 0.323 e. The molecule has 1 aromatic rings. The van der Waals surface area contributed by atoms with Gasteiger partial charge in [-0.15, -0.1) is 0 Å². The van der Waals surface area contributed by atoms with E-state index in [1.807, 2.05) is 12.1 Å². The van der Waals surface area contributed by atoms with Gasteiger partial charge < -0.3 is 5.32 Å². The van der Waals surface area contributed by atoms with E-state index in [9.17, 15) is 9.59 Å². The molecule has 0 aromatic carbocycles. The molecule has 2 aliphatic rings.